The fourth-order valence-electron chi connectivity index (χ4n) is 1.65. The highest BCUT2D eigenvalue weighted by Crippen LogP contribution is 2.18. The van der Waals surface area contributed by atoms with Crippen molar-refractivity contribution in [3.05, 3.63) is 22.7 Å². The molecule has 0 atom stereocenters. The van der Waals surface area contributed by atoms with Gasteiger partial charge in [-0.1, -0.05) is 25.4 Å². The summed E-state index contributed by atoms with van der Waals surface area (Å²) in [5.41, 5.74) is 0.113. The van der Waals surface area contributed by atoms with Gasteiger partial charge in [0.05, 0.1) is 17.8 Å². The Morgan fingerprint density at radius 1 is 1.38 bits per heavy atom. The molecule has 0 saturated carbocycles. The van der Waals surface area contributed by atoms with Gasteiger partial charge < -0.3 is 9.64 Å². The highest BCUT2D eigenvalue weighted by atomic mass is 35.5. The predicted molar refractivity (Wildman–Crippen MR) is 79.3 cm³/mol. The molecule has 0 aliphatic rings. The third-order valence-corrected chi connectivity index (χ3v) is 3.05. The molecular formula is C14H20ClN3O3. The van der Waals surface area contributed by atoms with Gasteiger partial charge in [0.25, 0.3) is 5.91 Å². The zero-order valence-corrected chi connectivity index (χ0v) is 13.5. The van der Waals surface area contributed by atoms with Gasteiger partial charge >= 0.3 is 5.97 Å². The van der Waals surface area contributed by atoms with Gasteiger partial charge in [-0.25, -0.2) is 9.97 Å². The summed E-state index contributed by atoms with van der Waals surface area (Å²) >= 11 is 6.01. The van der Waals surface area contributed by atoms with Crippen molar-refractivity contribution in [1.82, 2.24) is 14.9 Å². The summed E-state index contributed by atoms with van der Waals surface area (Å²) in [6, 6.07) is 0. The van der Waals surface area contributed by atoms with Crippen LogP contribution in [0.4, 0.5) is 0 Å². The number of nitrogens with zero attached hydrogens (tertiary/aromatic N) is 3. The maximum Gasteiger partial charge on any atom is 0.325 e. The topological polar surface area (TPSA) is 72.4 Å². The number of esters is 1. The van der Waals surface area contributed by atoms with Gasteiger partial charge in [-0.3, -0.25) is 9.59 Å². The van der Waals surface area contributed by atoms with E-state index in [0.717, 1.165) is 0 Å². The van der Waals surface area contributed by atoms with Crippen molar-refractivity contribution in [2.45, 2.75) is 33.6 Å². The van der Waals surface area contributed by atoms with Crippen LogP contribution in [0.15, 0.2) is 6.20 Å². The van der Waals surface area contributed by atoms with E-state index in [9.17, 15) is 9.59 Å². The van der Waals surface area contributed by atoms with Crippen LogP contribution in [-0.2, 0) is 9.53 Å². The van der Waals surface area contributed by atoms with Gasteiger partial charge in [0.15, 0.2) is 5.69 Å². The smallest absolute Gasteiger partial charge is 0.325 e. The Hall–Kier alpha value is -1.69. The van der Waals surface area contributed by atoms with Crippen molar-refractivity contribution in [1.29, 1.82) is 0 Å². The summed E-state index contributed by atoms with van der Waals surface area (Å²) in [7, 11) is 0. The first-order valence-corrected chi connectivity index (χ1v) is 7.25. The van der Waals surface area contributed by atoms with Crippen molar-refractivity contribution in [3.63, 3.8) is 0 Å². The molecule has 0 bridgehead atoms. The van der Waals surface area contributed by atoms with Gasteiger partial charge in [0.1, 0.15) is 12.4 Å². The molecule has 116 valence electrons. The summed E-state index contributed by atoms with van der Waals surface area (Å²) < 4.78 is 4.85. The highest BCUT2D eigenvalue weighted by molar-refractivity contribution is 6.33. The molecule has 0 aromatic carbocycles. The van der Waals surface area contributed by atoms with E-state index in [2.05, 4.69) is 9.97 Å². The van der Waals surface area contributed by atoms with Crippen LogP contribution < -0.4 is 0 Å². The van der Waals surface area contributed by atoms with E-state index in [1.165, 1.54) is 11.1 Å². The predicted octanol–water partition coefficient (Wildman–Crippen LogP) is 2.28. The minimum Gasteiger partial charge on any atom is -0.465 e. The van der Waals surface area contributed by atoms with Crippen molar-refractivity contribution in [2.24, 2.45) is 0 Å². The molecule has 1 aromatic heterocycles. The first-order valence-electron chi connectivity index (χ1n) is 6.87. The fraction of sp³-hybridized carbons (Fsp3) is 0.571. The first-order chi connectivity index (χ1) is 9.90. The molecular weight excluding hydrogens is 294 g/mol. The Kier molecular flexibility index (Phi) is 6.55. The van der Waals surface area contributed by atoms with Crippen LogP contribution in [0.2, 0.25) is 5.02 Å². The second-order valence-electron chi connectivity index (χ2n) is 4.70. The van der Waals surface area contributed by atoms with E-state index >= 15 is 0 Å². The van der Waals surface area contributed by atoms with Crippen molar-refractivity contribution < 1.29 is 14.3 Å². The summed E-state index contributed by atoms with van der Waals surface area (Å²) in [5.74, 6) is -0.245. The minimum absolute atomic E-state index is 0.0777. The second kappa shape index (κ2) is 7.93. The number of carbonyl (C=O) groups excluding carboxylic acids is 2. The largest absolute Gasteiger partial charge is 0.465 e. The molecule has 6 nitrogen and oxygen atoms in total. The lowest BCUT2D eigenvalue weighted by Crippen LogP contribution is -2.37. The molecule has 0 spiro atoms. The normalized spacial score (nSPS) is 10.6. The summed E-state index contributed by atoms with van der Waals surface area (Å²) in [6.07, 6.45) is 1.41. The maximum atomic E-state index is 12.5. The summed E-state index contributed by atoms with van der Waals surface area (Å²) in [4.78, 5) is 33.6. The average molecular weight is 314 g/mol. The van der Waals surface area contributed by atoms with Crippen LogP contribution in [0, 0.1) is 0 Å². The van der Waals surface area contributed by atoms with Crippen LogP contribution in [0.5, 0.6) is 0 Å². The Balaban J connectivity index is 2.99. The lowest BCUT2D eigenvalue weighted by Gasteiger charge is -2.20. The van der Waals surface area contributed by atoms with Gasteiger partial charge in [-0.15, -0.1) is 0 Å². The second-order valence-corrected chi connectivity index (χ2v) is 5.11. The summed E-state index contributed by atoms with van der Waals surface area (Å²) in [6.45, 7) is 7.84. The van der Waals surface area contributed by atoms with Crippen LogP contribution >= 0.6 is 11.6 Å². The lowest BCUT2D eigenvalue weighted by atomic mass is 10.2. The molecule has 0 saturated heterocycles. The SMILES string of the molecule is CCOC(=O)CN(CC)C(=O)c1nc(C(C)C)ncc1Cl. The van der Waals surface area contributed by atoms with Gasteiger partial charge in [0, 0.05) is 12.5 Å². The van der Waals surface area contributed by atoms with Gasteiger partial charge in [-0.2, -0.15) is 0 Å². The number of amides is 1. The molecule has 21 heavy (non-hydrogen) atoms. The average Bonchev–Trinajstić information content (AvgIpc) is 2.44. The monoisotopic (exact) mass is 313 g/mol. The van der Waals surface area contributed by atoms with Crippen LogP contribution in [0.1, 0.15) is 49.9 Å². The van der Waals surface area contributed by atoms with Crippen molar-refractivity contribution in [2.75, 3.05) is 19.7 Å². The number of aromatic nitrogens is 2. The quantitative estimate of drug-likeness (QED) is 0.753. The lowest BCUT2D eigenvalue weighted by molar-refractivity contribution is -0.143. The number of halogens is 1. The molecule has 1 rings (SSSR count). The molecule has 1 amide bonds. The fourth-order valence-corrected chi connectivity index (χ4v) is 1.82. The highest BCUT2D eigenvalue weighted by Gasteiger charge is 2.22. The number of hydrogen-bond acceptors (Lipinski definition) is 5. The number of hydrogen-bond donors (Lipinski definition) is 0. The first kappa shape index (κ1) is 17.4. The third kappa shape index (κ3) is 4.67. The molecule has 1 aromatic rings. The Bertz CT molecular complexity index is 520. The molecule has 0 unspecified atom stereocenters. The van der Waals surface area contributed by atoms with E-state index < -0.39 is 11.9 Å². The van der Waals surface area contributed by atoms with Crippen LogP contribution in [0.25, 0.3) is 0 Å². The zero-order valence-electron chi connectivity index (χ0n) is 12.7. The number of likely N-dealkylation sites (N-methyl/N-ethyl adjacent to an activating group) is 1. The van der Waals surface area contributed by atoms with E-state index in [1.807, 2.05) is 13.8 Å². The number of rotatable bonds is 6. The van der Waals surface area contributed by atoms with Crippen molar-refractivity contribution >= 4 is 23.5 Å². The molecule has 0 aliphatic heterocycles. The molecule has 0 N–H and O–H groups in total. The Morgan fingerprint density at radius 2 is 2.05 bits per heavy atom. The van der Waals surface area contributed by atoms with E-state index in [-0.39, 0.29) is 29.8 Å². The van der Waals surface area contributed by atoms with Gasteiger partial charge in [-0.05, 0) is 13.8 Å². The van der Waals surface area contributed by atoms with E-state index in [1.54, 1.807) is 13.8 Å². The number of carbonyl (C=O) groups is 2. The zero-order chi connectivity index (χ0) is 16.0. The van der Waals surface area contributed by atoms with Crippen molar-refractivity contribution in [3.8, 4) is 0 Å². The molecule has 0 radical (unpaired) electrons. The maximum absolute atomic E-state index is 12.5. The molecule has 0 aliphatic carbocycles. The molecule has 7 heteroatoms. The van der Waals surface area contributed by atoms with Crippen LogP contribution in [0.3, 0.4) is 0 Å². The van der Waals surface area contributed by atoms with E-state index in [0.29, 0.717) is 12.4 Å². The van der Waals surface area contributed by atoms with Crippen LogP contribution in [-0.4, -0.2) is 46.4 Å². The van der Waals surface area contributed by atoms with Gasteiger partial charge in [0.2, 0.25) is 0 Å². The number of ether oxygens (including phenoxy) is 1. The Labute approximate surface area is 129 Å². The molecule has 1 heterocycles. The summed E-state index contributed by atoms with van der Waals surface area (Å²) in [5, 5.41) is 0.173. The third-order valence-electron chi connectivity index (χ3n) is 2.78. The Morgan fingerprint density at radius 3 is 2.57 bits per heavy atom. The van der Waals surface area contributed by atoms with E-state index in [4.69, 9.17) is 16.3 Å². The minimum atomic E-state index is -0.457. The standard InChI is InChI=1S/C14H20ClN3O3/c1-5-18(8-11(19)21-6-2)14(20)12-10(15)7-16-13(17-12)9(3)4/h7,9H,5-6,8H2,1-4H3. The molecule has 0 fully saturated rings.